The fourth-order valence-corrected chi connectivity index (χ4v) is 2.32. The summed E-state index contributed by atoms with van der Waals surface area (Å²) in [4.78, 5) is 24.4. The standard InChI is InChI=1S/C15H13N5O/c1-8-9(4-2-6-18-8)11-12(16)14(15(17)21)20-10-5-3-7-19-13(10)11/h2-7H,16H2,1H3,(H2,17,21). The quantitative estimate of drug-likeness (QED) is 0.742. The van der Waals surface area contributed by atoms with Gasteiger partial charge in [-0.15, -0.1) is 0 Å². The van der Waals surface area contributed by atoms with Gasteiger partial charge in [-0.2, -0.15) is 0 Å². The lowest BCUT2D eigenvalue weighted by atomic mass is 10.00. The smallest absolute Gasteiger partial charge is 0.269 e. The fraction of sp³-hybridized carbons (Fsp3) is 0.0667. The summed E-state index contributed by atoms with van der Waals surface area (Å²) in [7, 11) is 0. The van der Waals surface area contributed by atoms with Gasteiger partial charge in [0.2, 0.25) is 0 Å². The summed E-state index contributed by atoms with van der Waals surface area (Å²) < 4.78 is 0. The lowest BCUT2D eigenvalue weighted by Crippen LogP contribution is -2.17. The molecular weight excluding hydrogens is 266 g/mol. The van der Waals surface area contributed by atoms with E-state index in [4.69, 9.17) is 11.5 Å². The first kappa shape index (κ1) is 13.0. The fourth-order valence-electron chi connectivity index (χ4n) is 2.32. The van der Waals surface area contributed by atoms with Crippen LogP contribution in [0.2, 0.25) is 0 Å². The SMILES string of the molecule is Cc1ncccc1-c1c(N)c(C(N)=O)nc2cccnc12. The van der Waals surface area contributed by atoms with E-state index in [9.17, 15) is 4.79 Å². The van der Waals surface area contributed by atoms with Crippen molar-refractivity contribution >= 4 is 22.6 Å². The minimum absolute atomic E-state index is 0.0498. The van der Waals surface area contributed by atoms with Crippen molar-refractivity contribution in [3.63, 3.8) is 0 Å². The maximum atomic E-state index is 11.6. The van der Waals surface area contributed by atoms with Gasteiger partial charge in [-0.3, -0.25) is 14.8 Å². The van der Waals surface area contributed by atoms with E-state index in [-0.39, 0.29) is 11.4 Å². The molecular formula is C15H13N5O. The van der Waals surface area contributed by atoms with Crippen LogP contribution in [-0.4, -0.2) is 20.9 Å². The normalized spacial score (nSPS) is 10.7. The topological polar surface area (TPSA) is 108 Å². The highest BCUT2D eigenvalue weighted by Crippen LogP contribution is 2.34. The second-order valence-electron chi connectivity index (χ2n) is 4.62. The van der Waals surface area contributed by atoms with E-state index >= 15 is 0 Å². The molecule has 0 bridgehead atoms. The minimum Gasteiger partial charge on any atom is -0.396 e. The van der Waals surface area contributed by atoms with Crippen LogP contribution in [-0.2, 0) is 0 Å². The molecule has 0 fully saturated rings. The molecule has 0 aromatic carbocycles. The van der Waals surface area contributed by atoms with Gasteiger partial charge >= 0.3 is 0 Å². The molecule has 3 rings (SSSR count). The third kappa shape index (κ3) is 2.06. The zero-order chi connectivity index (χ0) is 15.0. The maximum Gasteiger partial charge on any atom is 0.269 e. The monoisotopic (exact) mass is 279 g/mol. The van der Waals surface area contributed by atoms with Gasteiger partial charge in [0.1, 0.15) is 0 Å². The van der Waals surface area contributed by atoms with Gasteiger partial charge in [0.15, 0.2) is 5.69 Å². The van der Waals surface area contributed by atoms with E-state index in [1.165, 1.54) is 0 Å². The number of fused-ring (bicyclic) bond motifs is 1. The summed E-state index contributed by atoms with van der Waals surface area (Å²) in [5.74, 6) is -0.666. The number of aryl methyl sites for hydroxylation is 1. The summed E-state index contributed by atoms with van der Waals surface area (Å²) in [6.45, 7) is 1.87. The van der Waals surface area contributed by atoms with E-state index in [2.05, 4.69) is 15.0 Å². The van der Waals surface area contributed by atoms with Crippen LogP contribution in [0.25, 0.3) is 22.2 Å². The highest BCUT2D eigenvalue weighted by Gasteiger charge is 2.19. The largest absolute Gasteiger partial charge is 0.396 e. The molecule has 104 valence electrons. The summed E-state index contributed by atoms with van der Waals surface area (Å²) in [5.41, 5.74) is 15.2. The average Bonchev–Trinajstić information content (AvgIpc) is 2.47. The van der Waals surface area contributed by atoms with Crippen LogP contribution < -0.4 is 11.5 Å². The van der Waals surface area contributed by atoms with Crippen molar-refractivity contribution in [1.29, 1.82) is 0 Å². The number of carbonyl (C=O) groups is 1. The highest BCUT2D eigenvalue weighted by atomic mass is 16.1. The summed E-state index contributed by atoms with van der Waals surface area (Å²) in [6, 6.07) is 7.20. The van der Waals surface area contributed by atoms with Gasteiger partial charge in [0.25, 0.3) is 5.91 Å². The molecule has 0 unspecified atom stereocenters. The van der Waals surface area contributed by atoms with Gasteiger partial charge < -0.3 is 11.5 Å². The number of primary amides is 1. The first-order valence-electron chi connectivity index (χ1n) is 6.35. The Hall–Kier alpha value is -3.02. The molecule has 0 atom stereocenters. The molecule has 21 heavy (non-hydrogen) atoms. The molecule has 0 aliphatic carbocycles. The van der Waals surface area contributed by atoms with Crippen molar-refractivity contribution in [3.8, 4) is 11.1 Å². The van der Waals surface area contributed by atoms with Crippen LogP contribution in [0.4, 0.5) is 5.69 Å². The Bertz CT molecular complexity index is 860. The Morgan fingerprint density at radius 3 is 2.57 bits per heavy atom. The van der Waals surface area contributed by atoms with Crippen LogP contribution in [0.15, 0.2) is 36.7 Å². The molecule has 0 saturated heterocycles. The number of amides is 1. The molecule has 1 amide bonds. The number of nitrogen functional groups attached to an aromatic ring is 1. The predicted octanol–water partition coefficient (Wildman–Crippen LogP) is 1.68. The number of nitrogens with two attached hydrogens (primary N) is 2. The molecule has 4 N–H and O–H groups in total. The van der Waals surface area contributed by atoms with E-state index < -0.39 is 5.91 Å². The number of nitrogens with zero attached hydrogens (tertiary/aromatic N) is 3. The number of anilines is 1. The lowest BCUT2D eigenvalue weighted by molar-refractivity contribution is 0.0997. The van der Waals surface area contributed by atoms with Gasteiger partial charge in [0, 0.05) is 29.2 Å². The number of rotatable bonds is 2. The van der Waals surface area contributed by atoms with Crippen molar-refractivity contribution < 1.29 is 4.79 Å². The predicted molar refractivity (Wildman–Crippen MR) is 80.4 cm³/mol. The summed E-state index contributed by atoms with van der Waals surface area (Å²) in [5, 5.41) is 0. The Morgan fingerprint density at radius 1 is 1.14 bits per heavy atom. The lowest BCUT2D eigenvalue weighted by Gasteiger charge is -2.13. The van der Waals surface area contributed by atoms with Crippen molar-refractivity contribution in [2.24, 2.45) is 5.73 Å². The van der Waals surface area contributed by atoms with Crippen molar-refractivity contribution in [1.82, 2.24) is 15.0 Å². The number of carbonyl (C=O) groups excluding carboxylic acids is 1. The second-order valence-corrected chi connectivity index (χ2v) is 4.62. The molecule has 3 aromatic rings. The summed E-state index contributed by atoms with van der Waals surface area (Å²) >= 11 is 0. The van der Waals surface area contributed by atoms with Crippen LogP contribution >= 0.6 is 0 Å². The average molecular weight is 279 g/mol. The maximum absolute atomic E-state index is 11.6. The molecule has 3 aromatic heterocycles. The van der Waals surface area contributed by atoms with Crippen LogP contribution in [0, 0.1) is 6.92 Å². The third-order valence-electron chi connectivity index (χ3n) is 3.29. The molecule has 3 heterocycles. The first-order chi connectivity index (χ1) is 10.1. The third-order valence-corrected chi connectivity index (χ3v) is 3.29. The van der Waals surface area contributed by atoms with Gasteiger partial charge in [-0.05, 0) is 25.1 Å². The minimum atomic E-state index is -0.666. The van der Waals surface area contributed by atoms with Crippen LogP contribution in [0.5, 0.6) is 0 Å². The molecule has 6 heteroatoms. The molecule has 6 nitrogen and oxygen atoms in total. The van der Waals surface area contributed by atoms with Crippen LogP contribution in [0.1, 0.15) is 16.2 Å². The summed E-state index contributed by atoms with van der Waals surface area (Å²) in [6.07, 6.45) is 3.35. The zero-order valence-corrected chi connectivity index (χ0v) is 11.4. The Morgan fingerprint density at radius 2 is 1.86 bits per heavy atom. The van der Waals surface area contributed by atoms with E-state index in [1.807, 2.05) is 13.0 Å². The zero-order valence-electron chi connectivity index (χ0n) is 11.4. The number of hydrogen-bond acceptors (Lipinski definition) is 5. The van der Waals surface area contributed by atoms with Gasteiger partial charge in [-0.25, -0.2) is 4.98 Å². The molecule has 0 radical (unpaired) electrons. The van der Waals surface area contributed by atoms with Crippen molar-refractivity contribution in [3.05, 3.63) is 48.0 Å². The van der Waals surface area contributed by atoms with E-state index in [0.29, 0.717) is 16.6 Å². The number of hydrogen-bond donors (Lipinski definition) is 2. The Labute approximate surface area is 120 Å². The van der Waals surface area contributed by atoms with Crippen LogP contribution in [0.3, 0.4) is 0 Å². The highest BCUT2D eigenvalue weighted by molar-refractivity contribution is 6.07. The number of pyridine rings is 3. The first-order valence-corrected chi connectivity index (χ1v) is 6.35. The molecule has 0 aliphatic heterocycles. The van der Waals surface area contributed by atoms with Crippen molar-refractivity contribution in [2.75, 3.05) is 5.73 Å². The van der Waals surface area contributed by atoms with E-state index in [1.54, 1.807) is 30.6 Å². The van der Waals surface area contributed by atoms with Gasteiger partial charge in [-0.1, -0.05) is 6.07 Å². The second kappa shape index (κ2) is 4.82. The van der Waals surface area contributed by atoms with E-state index in [0.717, 1.165) is 11.3 Å². The Kier molecular flexibility index (Phi) is 2.98. The molecule has 0 saturated carbocycles. The number of aromatic nitrogens is 3. The molecule has 0 aliphatic rings. The van der Waals surface area contributed by atoms with Gasteiger partial charge in [0.05, 0.1) is 16.7 Å². The molecule has 0 spiro atoms. The Balaban J connectivity index is 2.48. The van der Waals surface area contributed by atoms with Crippen molar-refractivity contribution in [2.45, 2.75) is 6.92 Å².